The lowest BCUT2D eigenvalue weighted by Crippen LogP contribution is -2.48. The number of benzene rings is 2. The minimum atomic E-state index is -0.803. The maximum absolute atomic E-state index is 12.1. The van der Waals surface area contributed by atoms with Crippen molar-refractivity contribution in [3.8, 4) is 11.5 Å². The first-order valence-corrected chi connectivity index (χ1v) is 9.82. The van der Waals surface area contributed by atoms with Crippen LogP contribution in [-0.4, -0.2) is 24.5 Å². The lowest BCUT2D eigenvalue weighted by Gasteiger charge is -2.16. The van der Waals surface area contributed by atoms with Crippen LogP contribution in [0.15, 0.2) is 34.8 Å². The lowest BCUT2D eigenvalue weighted by molar-refractivity contribution is -0.133. The highest BCUT2D eigenvalue weighted by Crippen LogP contribution is 2.35. The first kappa shape index (κ1) is 22.3. The van der Waals surface area contributed by atoms with Gasteiger partial charge in [-0.15, -0.1) is 0 Å². The molecule has 1 unspecified atom stereocenters. The summed E-state index contributed by atoms with van der Waals surface area (Å²) in [4.78, 5) is 24.0. The van der Waals surface area contributed by atoms with Crippen molar-refractivity contribution in [3.63, 3.8) is 0 Å². The van der Waals surface area contributed by atoms with Crippen LogP contribution >= 0.6 is 39.1 Å². The van der Waals surface area contributed by atoms with E-state index in [-0.39, 0.29) is 17.4 Å². The minimum absolute atomic E-state index is 0.256. The van der Waals surface area contributed by atoms with Crippen molar-refractivity contribution < 1.29 is 19.1 Å². The van der Waals surface area contributed by atoms with Gasteiger partial charge in [0.25, 0.3) is 11.8 Å². The number of aryl methyl sites for hydroxylation is 2. The van der Waals surface area contributed by atoms with Gasteiger partial charge in [0.15, 0.2) is 18.5 Å². The van der Waals surface area contributed by atoms with Crippen molar-refractivity contribution in [2.45, 2.75) is 26.9 Å². The number of nitrogens with one attached hydrogen (secondary N) is 2. The predicted molar refractivity (Wildman–Crippen MR) is 112 cm³/mol. The van der Waals surface area contributed by atoms with Gasteiger partial charge in [0.1, 0.15) is 5.75 Å². The molecule has 0 fully saturated rings. The van der Waals surface area contributed by atoms with Crippen LogP contribution in [0, 0.1) is 13.8 Å². The Morgan fingerprint density at radius 3 is 2.46 bits per heavy atom. The Bertz CT molecular complexity index is 869. The average Bonchev–Trinajstić information content (AvgIpc) is 2.61. The zero-order valence-electron chi connectivity index (χ0n) is 15.4. The molecular formula is C19H19BrCl2N2O4. The normalized spacial score (nSPS) is 11.5. The van der Waals surface area contributed by atoms with Crippen LogP contribution in [0.2, 0.25) is 10.0 Å². The molecule has 0 aliphatic carbocycles. The van der Waals surface area contributed by atoms with Gasteiger partial charge in [-0.2, -0.15) is 0 Å². The summed E-state index contributed by atoms with van der Waals surface area (Å²) in [5.41, 5.74) is 6.74. The molecule has 0 spiro atoms. The van der Waals surface area contributed by atoms with Crippen LogP contribution in [0.25, 0.3) is 0 Å². The molecule has 2 aromatic rings. The molecule has 0 heterocycles. The summed E-state index contributed by atoms with van der Waals surface area (Å²) in [5.74, 6) is -0.219. The maximum atomic E-state index is 12.1. The van der Waals surface area contributed by atoms with Gasteiger partial charge in [0.2, 0.25) is 0 Å². The Labute approximate surface area is 181 Å². The fourth-order valence-corrected chi connectivity index (χ4v) is 3.49. The number of rotatable bonds is 6. The van der Waals surface area contributed by atoms with Gasteiger partial charge in [-0.3, -0.25) is 20.4 Å². The standard InChI is InChI=1S/C19H19BrCl2N2O4/c1-10-4-5-14(6-11(10)2)28-12(3)19(26)24-23-17(25)9-27-18-15(20)7-13(21)8-16(18)22/h4-8,12H,9H2,1-3H3,(H,23,25)(H,24,26). The predicted octanol–water partition coefficient (Wildman–Crippen LogP) is 4.37. The zero-order valence-corrected chi connectivity index (χ0v) is 18.5. The van der Waals surface area contributed by atoms with Gasteiger partial charge in [-0.25, -0.2) is 0 Å². The number of hydrogen-bond acceptors (Lipinski definition) is 4. The number of amides is 2. The van der Waals surface area contributed by atoms with Crippen LogP contribution in [0.5, 0.6) is 11.5 Å². The van der Waals surface area contributed by atoms with Gasteiger partial charge < -0.3 is 9.47 Å². The summed E-state index contributed by atoms with van der Waals surface area (Å²) in [6, 6.07) is 8.63. The van der Waals surface area contributed by atoms with E-state index in [1.54, 1.807) is 19.1 Å². The fraction of sp³-hybridized carbons (Fsp3) is 0.263. The first-order valence-electron chi connectivity index (χ1n) is 8.27. The Balaban J connectivity index is 1.81. The molecular weight excluding hydrogens is 471 g/mol. The molecule has 2 N–H and O–H groups in total. The molecule has 1 atom stereocenters. The Hall–Kier alpha value is -1.96. The highest BCUT2D eigenvalue weighted by atomic mass is 79.9. The topological polar surface area (TPSA) is 76.7 Å². The third-order valence-corrected chi connectivity index (χ3v) is 4.88. The molecule has 2 amide bonds. The average molecular weight is 490 g/mol. The largest absolute Gasteiger partial charge is 0.481 e. The first-order chi connectivity index (χ1) is 13.2. The van der Waals surface area contributed by atoms with Crippen molar-refractivity contribution in [2.24, 2.45) is 0 Å². The van der Waals surface area contributed by atoms with Crippen molar-refractivity contribution in [3.05, 3.63) is 56.0 Å². The molecule has 28 heavy (non-hydrogen) atoms. The highest BCUT2D eigenvalue weighted by Gasteiger charge is 2.16. The summed E-state index contributed by atoms with van der Waals surface area (Å²) in [5, 5.41) is 0.685. The third kappa shape index (κ3) is 6.29. The van der Waals surface area contributed by atoms with E-state index in [4.69, 9.17) is 32.7 Å². The third-order valence-electron chi connectivity index (χ3n) is 3.80. The smallest absolute Gasteiger partial charge is 0.279 e. The molecule has 0 saturated carbocycles. The molecule has 150 valence electrons. The van der Waals surface area contributed by atoms with E-state index in [9.17, 15) is 9.59 Å². The van der Waals surface area contributed by atoms with Crippen LogP contribution in [0.4, 0.5) is 0 Å². The molecule has 0 aliphatic rings. The van der Waals surface area contributed by atoms with Crippen LogP contribution in [0.1, 0.15) is 18.1 Å². The van der Waals surface area contributed by atoms with Gasteiger partial charge in [0, 0.05) is 5.02 Å². The number of carbonyl (C=O) groups is 2. The SMILES string of the molecule is Cc1ccc(OC(C)C(=O)NNC(=O)COc2c(Cl)cc(Cl)cc2Br)cc1C. The van der Waals surface area contributed by atoms with Crippen molar-refractivity contribution >= 4 is 50.9 Å². The van der Waals surface area contributed by atoms with Crippen molar-refractivity contribution in [2.75, 3.05) is 6.61 Å². The molecule has 0 bridgehead atoms. The molecule has 2 aromatic carbocycles. The Morgan fingerprint density at radius 2 is 1.82 bits per heavy atom. The quantitative estimate of drug-likeness (QED) is 0.591. The number of hydrazine groups is 1. The zero-order chi connectivity index (χ0) is 20.8. The van der Waals surface area contributed by atoms with Crippen LogP contribution < -0.4 is 20.3 Å². The summed E-state index contributed by atoms with van der Waals surface area (Å²) < 4.78 is 11.5. The van der Waals surface area contributed by atoms with E-state index in [1.807, 2.05) is 26.0 Å². The second kappa shape index (κ2) is 10.0. The van der Waals surface area contributed by atoms with E-state index >= 15 is 0 Å². The van der Waals surface area contributed by atoms with Crippen molar-refractivity contribution in [1.82, 2.24) is 10.9 Å². The maximum Gasteiger partial charge on any atom is 0.279 e. The lowest BCUT2D eigenvalue weighted by atomic mass is 10.1. The molecule has 0 aromatic heterocycles. The molecule has 0 aliphatic heterocycles. The summed E-state index contributed by atoms with van der Waals surface area (Å²) >= 11 is 15.2. The van der Waals surface area contributed by atoms with E-state index in [0.29, 0.717) is 15.2 Å². The number of carbonyl (C=O) groups excluding carboxylic acids is 2. The number of halogens is 3. The number of hydrogen-bond donors (Lipinski definition) is 2. The molecule has 2 rings (SSSR count). The molecule has 6 nitrogen and oxygen atoms in total. The summed E-state index contributed by atoms with van der Waals surface area (Å²) in [6.07, 6.45) is -0.803. The van der Waals surface area contributed by atoms with E-state index in [1.165, 1.54) is 6.07 Å². The van der Waals surface area contributed by atoms with E-state index in [2.05, 4.69) is 26.8 Å². The van der Waals surface area contributed by atoms with Gasteiger partial charge in [-0.05, 0) is 72.1 Å². The molecule has 9 heteroatoms. The minimum Gasteiger partial charge on any atom is -0.481 e. The van der Waals surface area contributed by atoms with Crippen molar-refractivity contribution in [1.29, 1.82) is 0 Å². The van der Waals surface area contributed by atoms with Crippen LogP contribution in [-0.2, 0) is 9.59 Å². The van der Waals surface area contributed by atoms with Gasteiger partial charge in [-0.1, -0.05) is 29.3 Å². The summed E-state index contributed by atoms with van der Waals surface area (Å²) in [6.45, 7) is 5.17. The van der Waals surface area contributed by atoms with Crippen LogP contribution in [0.3, 0.4) is 0 Å². The van der Waals surface area contributed by atoms with E-state index in [0.717, 1.165) is 11.1 Å². The monoisotopic (exact) mass is 488 g/mol. The summed E-state index contributed by atoms with van der Waals surface area (Å²) in [7, 11) is 0. The molecule has 0 radical (unpaired) electrons. The number of ether oxygens (including phenoxy) is 2. The second-order valence-electron chi connectivity index (χ2n) is 6.03. The van der Waals surface area contributed by atoms with E-state index < -0.39 is 17.9 Å². The Kier molecular flexibility index (Phi) is 7.98. The van der Waals surface area contributed by atoms with Gasteiger partial charge in [0.05, 0.1) is 9.50 Å². The molecule has 0 saturated heterocycles. The highest BCUT2D eigenvalue weighted by molar-refractivity contribution is 9.10. The second-order valence-corrected chi connectivity index (χ2v) is 7.73. The fourth-order valence-electron chi connectivity index (χ4n) is 2.12. The van der Waals surface area contributed by atoms with Gasteiger partial charge >= 0.3 is 0 Å². The Morgan fingerprint density at radius 1 is 1.11 bits per heavy atom.